The van der Waals surface area contributed by atoms with Gasteiger partial charge in [0, 0.05) is 0 Å². The Balaban J connectivity index is 2.47. The molecule has 18 heavy (non-hydrogen) atoms. The van der Waals surface area contributed by atoms with E-state index in [1.54, 1.807) is 0 Å². The molecule has 0 unspecified atom stereocenters. The van der Waals surface area contributed by atoms with Gasteiger partial charge >= 0.3 is 0 Å². The van der Waals surface area contributed by atoms with E-state index in [2.05, 4.69) is 26.0 Å². The van der Waals surface area contributed by atoms with Crippen molar-refractivity contribution in [1.29, 1.82) is 0 Å². The third kappa shape index (κ3) is 2.77. The van der Waals surface area contributed by atoms with Gasteiger partial charge in [0.25, 0.3) is 0 Å². The SMILES string of the molecule is CC(C)c1cccc(-c2cc(F)cc(CO)c2)c1. The molecule has 0 aromatic heterocycles. The van der Waals surface area contributed by atoms with Crippen molar-refractivity contribution >= 4 is 0 Å². The minimum atomic E-state index is -0.313. The molecule has 0 radical (unpaired) electrons. The zero-order valence-corrected chi connectivity index (χ0v) is 10.7. The lowest BCUT2D eigenvalue weighted by atomic mass is 9.96. The van der Waals surface area contributed by atoms with Crippen LogP contribution in [0.5, 0.6) is 0 Å². The molecular weight excluding hydrogens is 227 g/mol. The molecule has 1 N–H and O–H groups in total. The maximum absolute atomic E-state index is 13.4. The van der Waals surface area contributed by atoms with Gasteiger partial charge in [-0.3, -0.25) is 0 Å². The van der Waals surface area contributed by atoms with Gasteiger partial charge in [0.05, 0.1) is 6.61 Å². The largest absolute Gasteiger partial charge is 0.392 e. The zero-order chi connectivity index (χ0) is 13.1. The summed E-state index contributed by atoms with van der Waals surface area (Å²) in [6, 6.07) is 12.8. The molecule has 2 heteroatoms. The van der Waals surface area contributed by atoms with E-state index in [-0.39, 0.29) is 12.4 Å². The summed E-state index contributed by atoms with van der Waals surface area (Å²) in [6.45, 7) is 4.11. The lowest BCUT2D eigenvalue weighted by Crippen LogP contribution is -1.90. The highest BCUT2D eigenvalue weighted by Crippen LogP contribution is 2.25. The van der Waals surface area contributed by atoms with Crippen molar-refractivity contribution in [3.8, 4) is 11.1 Å². The highest BCUT2D eigenvalue weighted by atomic mass is 19.1. The van der Waals surface area contributed by atoms with E-state index in [1.165, 1.54) is 17.7 Å². The fourth-order valence-corrected chi connectivity index (χ4v) is 1.99. The van der Waals surface area contributed by atoms with Crippen LogP contribution in [0, 0.1) is 5.82 Å². The topological polar surface area (TPSA) is 20.2 Å². The standard InChI is InChI=1S/C16H17FO/c1-11(2)13-4-3-5-14(8-13)15-6-12(10-18)7-16(17)9-15/h3-9,11,18H,10H2,1-2H3. The molecule has 2 aromatic rings. The van der Waals surface area contributed by atoms with E-state index in [0.29, 0.717) is 11.5 Å². The Morgan fingerprint density at radius 2 is 1.83 bits per heavy atom. The van der Waals surface area contributed by atoms with Crippen molar-refractivity contribution < 1.29 is 9.50 Å². The van der Waals surface area contributed by atoms with Crippen LogP contribution in [0.15, 0.2) is 42.5 Å². The molecule has 0 spiro atoms. The minimum absolute atomic E-state index is 0.144. The van der Waals surface area contributed by atoms with E-state index in [1.807, 2.05) is 18.2 Å². The molecule has 0 bridgehead atoms. The number of rotatable bonds is 3. The molecule has 0 fully saturated rings. The monoisotopic (exact) mass is 244 g/mol. The summed E-state index contributed by atoms with van der Waals surface area (Å²) in [6.07, 6.45) is 0. The van der Waals surface area contributed by atoms with E-state index in [9.17, 15) is 4.39 Å². The Bertz CT molecular complexity index is 547. The molecule has 0 heterocycles. The van der Waals surface area contributed by atoms with Crippen LogP contribution >= 0.6 is 0 Å². The zero-order valence-electron chi connectivity index (χ0n) is 10.7. The van der Waals surface area contributed by atoms with Crippen molar-refractivity contribution in [1.82, 2.24) is 0 Å². The molecule has 0 amide bonds. The predicted octanol–water partition coefficient (Wildman–Crippen LogP) is 4.11. The fraction of sp³-hybridized carbons (Fsp3) is 0.250. The Kier molecular flexibility index (Phi) is 3.78. The second kappa shape index (κ2) is 5.32. The van der Waals surface area contributed by atoms with Gasteiger partial charge in [-0.05, 0) is 46.4 Å². The van der Waals surface area contributed by atoms with Gasteiger partial charge in [0.2, 0.25) is 0 Å². The summed E-state index contributed by atoms with van der Waals surface area (Å²) >= 11 is 0. The fourth-order valence-electron chi connectivity index (χ4n) is 1.99. The number of aliphatic hydroxyl groups is 1. The minimum Gasteiger partial charge on any atom is -0.392 e. The van der Waals surface area contributed by atoms with Crippen molar-refractivity contribution in [2.45, 2.75) is 26.4 Å². The first kappa shape index (κ1) is 12.8. The van der Waals surface area contributed by atoms with Crippen LogP contribution in [-0.4, -0.2) is 5.11 Å². The molecule has 0 saturated heterocycles. The van der Waals surface area contributed by atoms with Crippen LogP contribution in [0.1, 0.15) is 30.9 Å². The number of benzene rings is 2. The van der Waals surface area contributed by atoms with Crippen LogP contribution in [0.25, 0.3) is 11.1 Å². The van der Waals surface area contributed by atoms with Gasteiger partial charge in [-0.2, -0.15) is 0 Å². The summed E-state index contributed by atoms with van der Waals surface area (Å²) in [4.78, 5) is 0. The van der Waals surface area contributed by atoms with Gasteiger partial charge in [0.1, 0.15) is 5.82 Å². The van der Waals surface area contributed by atoms with Gasteiger partial charge in [-0.15, -0.1) is 0 Å². The Labute approximate surface area is 107 Å². The molecule has 0 aliphatic carbocycles. The summed E-state index contributed by atoms with van der Waals surface area (Å²) < 4.78 is 13.4. The van der Waals surface area contributed by atoms with Crippen molar-refractivity contribution in [3.63, 3.8) is 0 Å². The molecule has 0 aliphatic heterocycles. The average molecular weight is 244 g/mol. The molecule has 0 atom stereocenters. The summed E-state index contributed by atoms with van der Waals surface area (Å²) in [5.41, 5.74) is 3.61. The van der Waals surface area contributed by atoms with E-state index < -0.39 is 0 Å². The van der Waals surface area contributed by atoms with Crippen molar-refractivity contribution in [2.24, 2.45) is 0 Å². The second-order valence-electron chi connectivity index (χ2n) is 4.79. The van der Waals surface area contributed by atoms with E-state index >= 15 is 0 Å². The number of aliphatic hydroxyl groups excluding tert-OH is 1. The smallest absolute Gasteiger partial charge is 0.124 e. The highest BCUT2D eigenvalue weighted by Gasteiger charge is 2.05. The highest BCUT2D eigenvalue weighted by molar-refractivity contribution is 5.65. The van der Waals surface area contributed by atoms with Crippen LogP contribution in [-0.2, 0) is 6.61 Å². The van der Waals surface area contributed by atoms with Gasteiger partial charge < -0.3 is 5.11 Å². The summed E-state index contributed by atoms with van der Waals surface area (Å²) in [5.74, 6) is 0.127. The van der Waals surface area contributed by atoms with E-state index in [4.69, 9.17) is 5.11 Å². The lowest BCUT2D eigenvalue weighted by Gasteiger charge is -2.09. The molecule has 0 saturated carbocycles. The van der Waals surface area contributed by atoms with Crippen molar-refractivity contribution in [2.75, 3.05) is 0 Å². The lowest BCUT2D eigenvalue weighted by molar-refractivity contribution is 0.281. The first-order valence-corrected chi connectivity index (χ1v) is 6.11. The quantitative estimate of drug-likeness (QED) is 0.861. The van der Waals surface area contributed by atoms with Crippen LogP contribution in [0.2, 0.25) is 0 Å². The maximum Gasteiger partial charge on any atom is 0.124 e. The van der Waals surface area contributed by atoms with Gasteiger partial charge in [-0.25, -0.2) is 4.39 Å². The number of halogens is 1. The van der Waals surface area contributed by atoms with Crippen molar-refractivity contribution in [3.05, 3.63) is 59.4 Å². The second-order valence-corrected chi connectivity index (χ2v) is 4.79. The Morgan fingerprint density at radius 1 is 1.06 bits per heavy atom. The summed E-state index contributed by atoms with van der Waals surface area (Å²) in [5, 5.41) is 9.11. The molecule has 0 aliphatic rings. The first-order chi connectivity index (χ1) is 8.60. The molecule has 94 valence electrons. The van der Waals surface area contributed by atoms with Crippen LogP contribution < -0.4 is 0 Å². The Hall–Kier alpha value is -1.67. The predicted molar refractivity (Wildman–Crippen MR) is 71.8 cm³/mol. The van der Waals surface area contributed by atoms with Gasteiger partial charge in [-0.1, -0.05) is 38.1 Å². The van der Waals surface area contributed by atoms with E-state index in [0.717, 1.165) is 11.1 Å². The molecule has 2 aromatic carbocycles. The van der Waals surface area contributed by atoms with Crippen LogP contribution in [0.4, 0.5) is 4.39 Å². The molecule has 1 nitrogen and oxygen atoms in total. The third-order valence-corrected chi connectivity index (χ3v) is 3.03. The third-order valence-electron chi connectivity index (χ3n) is 3.03. The normalized spacial score (nSPS) is 10.9. The van der Waals surface area contributed by atoms with Gasteiger partial charge in [0.15, 0.2) is 0 Å². The number of hydrogen-bond donors (Lipinski definition) is 1. The number of hydrogen-bond acceptors (Lipinski definition) is 1. The summed E-state index contributed by atoms with van der Waals surface area (Å²) in [7, 11) is 0. The Morgan fingerprint density at radius 3 is 2.50 bits per heavy atom. The molecule has 2 rings (SSSR count). The molecular formula is C16H17FO. The first-order valence-electron chi connectivity index (χ1n) is 6.11. The average Bonchev–Trinajstić information content (AvgIpc) is 2.38. The maximum atomic E-state index is 13.4. The van der Waals surface area contributed by atoms with Crippen LogP contribution in [0.3, 0.4) is 0 Å².